The zero-order valence-electron chi connectivity index (χ0n) is 18.0. The molecular weight excluding hydrogens is 403 g/mol. The minimum absolute atomic E-state index is 0.0152. The van der Waals surface area contributed by atoms with Crippen molar-refractivity contribution in [2.24, 2.45) is 0 Å². The number of benzene rings is 2. The minimum atomic E-state index is -0.235. The maximum atomic E-state index is 14.4. The molecule has 4 aromatic rings. The number of nitrogens with zero attached hydrogens (tertiary/aromatic N) is 3. The Labute approximate surface area is 186 Å². The van der Waals surface area contributed by atoms with E-state index in [-0.39, 0.29) is 11.7 Å². The molecule has 1 fully saturated rings. The van der Waals surface area contributed by atoms with Gasteiger partial charge in [-0.2, -0.15) is 0 Å². The van der Waals surface area contributed by atoms with Crippen molar-refractivity contribution in [3.05, 3.63) is 95.2 Å². The van der Waals surface area contributed by atoms with Gasteiger partial charge in [-0.3, -0.25) is 9.78 Å². The number of hydrogen-bond donors (Lipinski definition) is 1. The van der Waals surface area contributed by atoms with Gasteiger partial charge in [-0.15, -0.1) is 0 Å². The van der Waals surface area contributed by atoms with Crippen LogP contribution < -0.4 is 5.32 Å². The number of carbonyl (C=O) groups excluding carboxylic acids is 1. The van der Waals surface area contributed by atoms with Gasteiger partial charge in [0.1, 0.15) is 5.82 Å². The molecular formula is C26H25FN4O. The van der Waals surface area contributed by atoms with Crippen molar-refractivity contribution in [2.75, 3.05) is 26.2 Å². The van der Waals surface area contributed by atoms with Crippen molar-refractivity contribution < 1.29 is 9.18 Å². The van der Waals surface area contributed by atoms with Crippen molar-refractivity contribution in [1.29, 1.82) is 0 Å². The lowest BCUT2D eigenvalue weighted by atomic mass is 9.99. The molecule has 1 amide bonds. The van der Waals surface area contributed by atoms with Crippen LogP contribution in [0.1, 0.15) is 27.2 Å². The summed E-state index contributed by atoms with van der Waals surface area (Å²) in [6.07, 6.45) is 3.97. The summed E-state index contributed by atoms with van der Waals surface area (Å²) >= 11 is 0. The van der Waals surface area contributed by atoms with Crippen LogP contribution in [0.5, 0.6) is 0 Å². The molecule has 2 aromatic heterocycles. The molecule has 0 radical (unpaired) electrons. The highest BCUT2D eigenvalue weighted by Gasteiger charge is 2.28. The predicted octanol–water partition coefficient (Wildman–Crippen LogP) is 4.11. The van der Waals surface area contributed by atoms with E-state index in [2.05, 4.69) is 14.9 Å². The molecule has 1 aliphatic rings. The normalized spacial score (nSPS) is 14.1. The molecule has 5 rings (SSSR count). The number of pyridine rings is 1. The molecule has 0 bridgehead atoms. The standard InChI is InChI=1S/C26H25FN4O/c1-18-19(6-5-9-22(18)27)16-23-25(26(32)30-14-12-28-13-15-30)21-10-11-29-17-24(21)31(23)20-7-3-2-4-8-20/h2-11,17,28H,12-16H2,1H3. The number of hydrogen-bond acceptors (Lipinski definition) is 3. The van der Waals surface area contributed by atoms with Crippen LogP contribution in [0.2, 0.25) is 0 Å². The molecule has 0 unspecified atom stereocenters. The Morgan fingerprint density at radius 1 is 1.06 bits per heavy atom. The number of amides is 1. The summed E-state index contributed by atoms with van der Waals surface area (Å²) in [7, 11) is 0. The first kappa shape index (κ1) is 20.4. The van der Waals surface area contributed by atoms with E-state index in [1.54, 1.807) is 25.4 Å². The van der Waals surface area contributed by atoms with E-state index in [0.717, 1.165) is 40.9 Å². The lowest BCUT2D eigenvalue weighted by Crippen LogP contribution is -2.46. The zero-order valence-corrected chi connectivity index (χ0v) is 18.0. The molecule has 32 heavy (non-hydrogen) atoms. The Morgan fingerprint density at radius 2 is 1.84 bits per heavy atom. The lowest BCUT2D eigenvalue weighted by Gasteiger charge is -2.28. The molecule has 3 heterocycles. The maximum absolute atomic E-state index is 14.4. The van der Waals surface area contributed by atoms with E-state index in [1.165, 1.54) is 6.07 Å². The van der Waals surface area contributed by atoms with Gasteiger partial charge in [0.2, 0.25) is 0 Å². The van der Waals surface area contributed by atoms with E-state index in [9.17, 15) is 9.18 Å². The molecule has 0 atom stereocenters. The number of halogens is 1. The molecule has 1 N–H and O–H groups in total. The average Bonchev–Trinajstić information content (AvgIpc) is 3.16. The molecule has 2 aromatic carbocycles. The van der Waals surface area contributed by atoms with Gasteiger partial charge < -0.3 is 14.8 Å². The van der Waals surface area contributed by atoms with Gasteiger partial charge in [-0.25, -0.2) is 4.39 Å². The van der Waals surface area contributed by atoms with Crippen LogP contribution in [0.25, 0.3) is 16.6 Å². The molecule has 6 heteroatoms. The highest BCUT2D eigenvalue weighted by Crippen LogP contribution is 2.32. The number of rotatable bonds is 4. The molecule has 1 aliphatic heterocycles. The number of piperazine rings is 1. The second-order valence-corrected chi connectivity index (χ2v) is 8.13. The van der Waals surface area contributed by atoms with Gasteiger partial charge in [-0.1, -0.05) is 30.3 Å². The van der Waals surface area contributed by atoms with Gasteiger partial charge in [0.25, 0.3) is 5.91 Å². The molecule has 162 valence electrons. The molecule has 1 saturated heterocycles. The Morgan fingerprint density at radius 3 is 2.62 bits per heavy atom. The highest BCUT2D eigenvalue weighted by molar-refractivity contribution is 6.09. The third-order valence-electron chi connectivity index (χ3n) is 6.24. The SMILES string of the molecule is Cc1c(F)cccc1Cc1c(C(=O)N2CCNCC2)c2ccncc2n1-c1ccccc1. The first-order valence-corrected chi connectivity index (χ1v) is 10.9. The summed E-state index contributed by atoms with van der Waals surface area (Å²) in [6, 6.07) is 17.0. The van der Waals surface area contributed by atoms with E-state index in [1.807, 2.05) is 47.4 Å². The van der Waals surface area contributed by atoms with Crippen molar-refractivity contribution in [3.63, 3.8) is 0 Å². The highest BCUT2D eigenvalue weighted by atomic mass is 19.1. The summed E-state index contributed by atoms with van der Waals surface area (Å²) < 4.78 is 16.5. The number of aromatic nitrogens is 2. The smallest absolute Gasteiger partial charge is 0.256 e. The van der Waals surface area contributed by atoms with Gasteiger partial charge in [0.05, 0.1) is 17.3 Å². The number of para-hydroxylation sites is 1. The lowest BCUT2D eigenvalue weighted by molar-refractivity contribution is 0.0736. The van der Waals surface area contributed by atoms with Crippen LogP contribution in [0.3, 0.4) is 0 Å². The third kappa shape index (κ3) is 3.56. The summed E-state index contributed by atoms with van der Waals surface area (Å²) in [5.74, 6) is -0.219. The van der Waals surface area contributed by atoms with Gasteiger partial charge >= 0.3 is 0 Å². The van der Waals surface area contributed by atoms with E-state index in [0.29, 0.717) is 30.6 Å². The Bertz CT molecular complexity index is 1280. The van der Waals surface area contributed by atoms with Gasteiger partial charge in [-0.05, 0) is 42.3 Å². The third-order valence-corrected chi connectivity index (χ3v) is 6.24. The fraction of sp³-hybridized carbons (Fsp3) is 0.231. The summed E-state index contributed by atoms with van der Waals surface area (Å²) in [5.41, 5.74) is 4.84. The summed E-state index contributed by atoms with van der Waals surface area (Å²) in [4.78, 5) is 20.1. The number of carbonyl (C=O) groups is 1. The first-order chi connectivity index (χ1) is 15.6. The van der Waals surface area contributed by atoms with E-state index >= 15 is 0 Å². The van der Waals surface area contributed by atoms with E-state index in [4.69, 9.17) is 0 Å². The predicted molar refractivity (Wildman–Crippen MR) is 124 cm³/mol. The van der Waals surface area contributed by atoms with Crippen molar-refractivity contribution in [1.82, 2.24) is 19.8 Å². The number of nitrogens with one attached hydrogen (secondary N) is 1. The zero-order chi connectivity index (χ0) is 22.1. The van der Waals surface area contributed by atoms with Crippen molar-refractivity contribution in [2.45, 2.75) is 13.3 Å². The van der Waals surface area contributed by atoms with Crippen LogP contribution in [0.15, 0.2) is 67.0 Å². The van der Waals surface area contributed by atoms with Crippen LogP contribution in [-0.2, 0) is 6.42 Å². The van der Waals surface area contributed by atoms with Crippen molar-refractivity contribution in [3.8, 4) is 5.69 Å². The minimum Gasteiger partial charge on any atom is -0.336 e. The Hall–Kier alpha value is -3.51. The van der Waals surface area contributed by atoms with Gasteiger partial charge in [0, 0.05) is 55.6 Å². The monoisotopic (exact) mass is 428 g/mol. The average molecular weight is 429 g/mol. The molecule has 0 saturated carbocycles. The summed E-state index contributed by atoms with van der Waals surface area (Å²) in [5, 5.41) is 4.18. The maximum Gasteiger partial charge on any atom is 0.256 e. The largest absolute Gasteiger partial charge is 0.336 e. The molecule has 0 spiro atoms. The van der Waals surface area contributed by atoms with Crippen LogP contribution in [0, 0.1) is 12.7 Å². The van der Waals surface area contributed by atoms with Gasteiger partial charge in [0.15, 0.2) is 0 Å². The first-order valence-electron chi connectivity index (χ1n) is 10.9. The quantitative estimate of drug-likeness (QED) is 0.532. The summed E-state index contributed by atoms with van der Waals surface area (Å²) in [6.45, 7) is 4.69. The van der Waals surface area contributed by atoms with E-state index < -0.39 is 0 Å². The Balaban J connectivity index is 1.76. The Kier molecular flexibility index (Phi) is 5.45. The van der Waals surface area contributed by atoms with Crippen LogP contribution in [-0.4, -0.2) is 46.5 Å². The van der Waals surface area contributed by atoms with Crippen LogP contribution in [0.4, 0.5) is 4.39 Å². The fourth-order valence-electron chi connectivity index (χ4n) is 4.52. The molecule has 0 aliphatic carbocycles. The molecule has 5 nitrogen and oxygen atoms in total. The van der Waals surface area contributed by atoms with Crippen LogP contribution >= 0.6 is 0 Å². The second-order valence-electron chi connectivity index (χ2n) is 8.13. The van der Waals surface area contributed by atoms with Crippen molar-refractivity contribution >= 4 is 16.8 Å². The second kappa shape index (κ2) is 8.55. The topological polar surface area (TPSA) is 50.2 Å². The fourth-order valence-corrected chi connectivity index (χ4v) is 4.52. The number of fused-ring (bicyclic) bond motifs is 1.